The fourth-order valence-corrected chi connectivity index (χ4v) is 0.617. The summed E-state index contributed by atoms with van der Waals surface area (Å²) in [7, 11) is 0. The SMILES string of the molecule is CC1(N)CC=NNC1. The molecule has 0 fully saturated rings. The third kappa shape index (κ3) is 1.20. The van der Waals surface area contributed by atoms with Crippen molar-refractivity contribution in [1.82, 2.24) is 5.43 Å². The van der Waals surface area contributed by atoms with Crippen molar-refractivity contribution in [3.05, 3.63) is 0 Å². The van der Waals surface area contributed by atoms with E-state index in [-0.39, 0.29) is 5.54 Å². The number of nitrogens with zero attached hydrogens (tertiary/aromatic N) is 1. The highest BCUT2D eigenvalue weighted by Gasteiger charge is 2.18. The summed E-state index contributed by atoms with van der Waals surface area (Å²) in [6, 6.07) is 0. The molecule has 1 atom stereocenters. The van der Waals surface area contributed by atoms with E-state index in [9.17, 15) is 0 Å². The minimum absolute atomic E-state index is 0.0816. The van der Waals surface area contributed by atoms with Crippen molar-refractivity contribution in [2.45, 2.75) is 18.9 Å². The summed E-state index contributed by atoms with van der Waals surface area (Å²) in [6.45, 7) is 2.79. The van der Waals surface area contributed by atoms with Crippen LogP contribution in [-0.2, 0) is 0 Å². The summed E-state index contributed by atoms with van der Waals surface area (Å²) in [6.07, 6.45) is 2.68. The van der Waals surface area contributed by atoms with Gasteiger partial charge in [-0.3, -0.25) is 0 Å². The first-order chi connectivity index (χ1) is 3.71. The maximum absolute atomic E-state index is 5.72. The van der Waals surface area contributed by atoms with Crippen LogP contribution in [0.15, 0.2) is 5.10 Å². The van der Waals surface area contributed by atoms with Crippen LogP contribution in [0, 0.1) is 0 Å². The van der Waals surface area contributed by atoms with E-state index in [0.717, 1.165) is 13.0 Å². The maximum Gasteiger partial charge on any atom is 0.0510 e. The summed E-state index contributed by atoms with van der Waals surface area (Å²) in [5.41, 5.74) is 8.46. The molecule has 0 aromatic rings. The molecular weight excluding hydrogens is 102 g/mol. The second-order valence-electron chi connectivity index (χ2n) is 2.50. The van der Waals surface area contributed by atoms with E-state index in [1.165, 1.54) is 0 Å². The minimum Gasteiger partial charge on any atom is -0.323 e. The standard InChI is InChI=1S/C5H11N3/c1-5(6)2-3-7-8-4-5/h3,8H,2,4,6H2,1H3. The van der Waals surface area contributed by atoms with Crippen molar-refractivity contribution < 1.29 is 0 Å². The van der Waals surface area contributed by atoms with E-state index in [4.69, 9.17) is 5.73 Å². The van der Waals surface area contributed by atoms with E-state index in [1.54, 1.807) is 0 Å². The van der Waals surface area contributed by atoms with Gasteiger partial charge in [0.05, 0.1) is 6.54 Å². The Labute approximate surface area is 48.9 Å². The molecule has 8 heavy (non-hydrogen) atoms. The predicted octanol–water partition coefficient (Wildman–Crippen LogP) is -0.317. The zero-order valence-electron chi connectivity index (χ0n) is 5.02. The zero-order valence-corrected chi connectivity index (χ0v) is 5.02. The van der Waals surface area contributed by atoms with Crippen molar-refractivity contribution in [3.8, 4) is 0 Å². The maximum atomic E-state index is 5.72. The molecule has 3 N–H and O–H groups in total. The van der Waals surface area contributed by atoms with Gasteiger partial charge in [0.1, 0.15) is 0 Å². The quantitative estimate of drug-likeness (QED) is 0.452. The van der Waals surface area contributed by atoms with Crippen molar-refractivity contribution >= 4 is 6.21 Å². The molecule has 1 aliphatic rings. The summed E-state index contributed by atoms with van der Waals surface area (Å²) < 4.78 is 0. The Morgan fingerprint density at radius 1 is 1.88 bits per heavy atom. The molecule has 46 valence electrons. The van der Waals surface area contributed by atoms with E-state index >= 15 is 0 Å². The van der Waals surface area contributed by atoms with E-state index in [1.807, 2.05) is 13.1 Å². The Morgan fingerprint density at radius 3 is 2.88 bits per heavy atom. The van der Waals surface area contributed by atoms with Crippen molar-refractivity contribution in [3.63, 3.8) is 0 Å². The fraction of sp³-hybridized carbons (Fsp3) is 0.800. The fourth-order valence-electron chi connectivity index (χ4n) is 0.617. The van der Waals surface area contributed by atoms with Gasteiger partial charge in [0, 0.05) is 18.2 Å². The first-order valence-corrected chi connectivity index (χ1v) is 2.74. The Kier molecular flexibility index (Phi) is 1.21. The molecule has 0 spiro atoms. The van der Waals surface area contributed by atoms with Crippen molar-refractivity contribution in [1.29, 1.82) is 0 Å². The first-order valence-electron chi connectivity index (χ1n) is 2.74. The highest BCUT2D eigenvalue weighted by molar-refractivity contribution is 5.59. The van der Waals surface area contributed by atoms with Crippen LogP contribution in [0.3, 0.4) is 0 Å². The van der Waals surface area contributed by atoms with Crippen LogP contribution in [0.1, 0.15) is 13.3 Å². The molecule has 0 radical (unpaired) electrons. The molecule has 3 heteroatoms. The number of hydrogen-bond acceptors (Lipinski definition) is 3. The van der Waals surface area contributed by atoms with Crippen LogP contribution in [0.2, 0.25) is 0 Å². The van der Waals surface area contributed by atoms with Gasteiger partial charge in [-0.25, -0.2) is 0 Å². The molecule has 3 nitrogen and oxygen atoms in total. The molecule has 0 aliphatic carbocycles. The Hall–Kier alpha value is -0.570. The molecule has 1 unspecified atom stereocenters. The molecule has 1 aliphatic heterocycles. The van der Waals surface area contributed by atoms with Crippen LogP contribution < -0.4 is 11.2 Å². The van der Waals surface area contributed by atoms with E-state index < -0.39 is 0 Å². The highest BCUT2D eigenvalue weighted by atomic mass is 15.3. The molecule has 0 saturated carbocycles. The van der Waals surface area contributed by atoms with Gasteiger partial charge in [-0.2, -0.15) is 5.10 Å². The second-order valence-corrected chi connectivity index (χ2v) is 2.50. The average molecular weight is 113 g/mol. The van der Waals surface area contributed by atoms with Crippen LogP contribution in [-0.4, -0.2) is 18.3 Å². The van der Waals surface area contributed by atoms with Crippen molar-refractivity contribution in [2.75, 3.05) is 6.54 Å². The summed E-state index contributed by atoms with van der Waals surface area (Å²) in [5, 5.41) is 3.82. The Balaban J connectivity index is 2.50. The van der Waals surface area contributed by atoms with Gasteiger partial charge >= 0.3 is 0 Å². The average Bonchev–Trinajstić information content (AvgIpc) is 1.65. The number of nitrogens with two attached hydrogens (primary N) is 1. The third-order valence-corrected chi connectivity index (χ3v) is 1.22. The molecule has 0 aromatic carbocycles. The van der Waals surface area contributed by atoms with Gasteiger partial charge in [-0.05, 0) is 6.92 Å². The van der Waals surface area contributed by atoms with Gasteiger partial charge in [-0.15, -0.1) is 0 Å². The number of rotatable bonds is 0. The first kappa shape index (κ1) is 5.56. The molecular formula is C5H11N3. The molecule has 1 rings (SSSR count). The summed E-state index contributed by atoms with van der Waals surface area (Å²) in [4.78, 5) is 0. The number of hydrazone groups is 1. The predicted molar refractivity (Wildman–Crippen MR) is 33.7 cm³/mol. The lowest BCUT2D eigenvalue weighted by atomic mass is 10.00. The summed E-state index contributed by atoms with van der Waals surface area (Å²) >= 11 is 0. The van der Waals surface area contributed by atoms with Crippen LogP contribution in [0.5, 0.6) is 0 Å². The van der Waals surface area contributed by atoms with Gasteiger partial charge < -0.3 is 11.2 Å². The smallest absolute Gasteiger partial charge is 0.0510 e. The molecule has 0 amide bonds. The number of hydrogen-bond donors (Lipinski definition) is 2. The van der Waals surface area contributed by atoms with Crippen LogP contribution in [0.25, 0.3) is 0 Å². The molecule has 0 aromatic heterocycles. The highest BCUT2D eigenvalue weighted by Crippen LogP contribution is 2.03. The lowest BCUT2D eigenvalue weighted by Crippen LogP contribution is -2.47. The normalized spacial score (nSPS) is 36.8. The lowest BCUT2D eigenvalue weighted by Gasteiger charge is -2.24. The third-order valence-electron chi connectivity index (χ3n) is 1.22. The van der Waals surface area contributed by atoms with E-state index in [2.05, 4.69) is 10.5 Å². The number of nitrogens with one attached hydrogen (secondary N) is 1. The second kappa shape index (κ2) is 1.74. The molecule has 0 bridgehead atoms. The van der Waals surface area contributed by atoms with Crippen LogP contribution in [0.4, 0.5) is 0 Å². The largest absolute Gasteiger partial charge is 0.323 e. The molecule has 1 heterocycles. The lowest BCUT2D eigenvalue weighted by molar-refractivity contribution is 0.435. The Bertz CT molecular complexity index is 106. The van der Waals surface area contributed by atoms with Crippen LogP contribution >= 0.6 is 0 Å². The van der Waals surface area contributed by atoms with E-state index in [0.29, 0.717) is 0 Å². The topological polar surface area (TPSA) is 50.4 Å². The monoisotopic (exact) mass is 113 g/mol. The zero-order chi connectivity index (χ0) is 6.04. The molecule has 0 saturated heterocycles. The van der Waals surface area contributed by atoms with Gasteiger partial charge in [0.25, 0.3) is 0 Å². The van der Waals surface area contributed by atoms with Gasteiger partial charge in [0.15, 0.2) is 0 Å². The Morgan fingerprint density at radius 2 is 2.62 bits per heavy atom. The van der Waals surface area contributed by atoms with Gasteiger partial charge in [0.2, 0.25) is 0 Å². The van der Waals surface area contributed by atoms with Gasteiger partial charge in [-0.1, -0.05) is 0 Å². The minimum atomic E-state index is -0.0816. The summed E-state index contributed by atoms with van der Waals surface area (Å²) in [5.74, 6) is 0. The van der Waals surface area contributed by atoms with Crippen molar-refractivity contribution in [2.24, 2.45) is 10.8 Å².